The summed E-state index contributed by atoms with van der Waals surface area (Å²) >= 11 is 0. The Morgan fingerprint density at radius 2 is 2.27 bits per heavy atom. The highest BCUT2D eigenvalue weighted by Crippen LogP contribution is 2.50. The number of hydrogen-bond acceptors (Lipinski definition) is 4. The molecular weight excluding hydrogens is 280 g/mol. The van der Waals surface area contributed by atoms with Crippen molar-refractivity contribution in [2.45, 2.75) is 58.4 Å². The molecule has 122 valence electrons. The molecule has 0 bridgehead atoms. The van der Waals surface area contributed by atoms with Crippen LogP contribution in [-0.2, 0) is 10.2 Å². The predicted molar refractivity (Wildman–Crippen MR) is 82.6 cm³/mol. The number of likely N-dealkylation sites (tertiary alicyclic amines) is 1. The van der Waals surface area contributed by atoms with Crippen LogP contribution in [0.4, 0.5) is 0 Å². The maximum Gasteiger partial charge on any atom is 0.311 e. The third-order valence-corrected chi connectivity index (χ3v) is 5.49. The number of fused-ring (bicyclic) bond motifs is 1. The SMILES string of the molecule is CC(c1ncc(C(C)(C)C)o1)N1C[C@@H]2CCC[C@@]2(C(=O)O)C1. The van der Waals surface area contributed by atoms with Gasteiger partial charge < -0.3 is 9.52 Å². The summed E-state index contributed by atoms with van der Waals surface area (Å²) in [6.07, 6.45) is 4.66. The van der Waals surface area contributed by atoms with E-state index in [1.165, 1.54) is 0 Å². The van der Waals surface area contributed by atoms with E-state index in [1.807, 2.05) is 0 Å². The van der Waals surface area contributed by atoms with Crippen LogP contribution in [0.15, 0.2) is 10.6 Å². The lowest BCUT2D eigenvalue weighted by Gasteiger charge is -2.25. The van der Waals surface area contributed by atoms with E-state index < -0.39 is 11.4 Å². The fraction of sp³-hybridized carbons (Fsp3) is 0.765. The fourth-order valence-electron chi connectivity index (χ4n) is 3.96. The van der Waals surface area contributed by atoms with E-state index in [4.69, 9.17) is 4.42 Å². The molecule has 0 amide bonds. The fourth-order valence-corrected chi connectivity index (χ4v) is 3.96. The van der Waals surface area contributed by atoms with Crippen molar-refractivity contribution in [3.8, 4) is 0 Å². The van der Waals surface area contributed by atoms with Gasteiger partial charge in [-0.15, -0.1) is 0 Å². The first-order valence-corrected chi connectivity index (χ1v) is 8.18. The molecule has 1 aromatic heterocycles. The van der Waals surface area contributed by atoms with Gasteiger partial charge in [0.15, 0.2) is 0 Å². The van der Waals surface area contributed by atoms with Crippen LogP contribution in [0.1, 0.15) is 64.7 Å². The van der Waals surface area contributed by atoms with Crippen molar-refractivity contribution in [2.75, 3.05) is 13.1 Å². The van der Waals surface area contributed by atoms with Crippen LogP contribution >= 0.6 is 0 Å². The van der Waals surface area contributed by atoms with Gasteiger partial charge in [-0.3, -0.25) is 9.69 Å². The van der Waals surface area contributed by atoms with Crippen molar-refractivity contribution in [2.24, 2.45) is 11.3 Å². The molecule has 2 fully saturated rings. The smallest absolute Gasteiger partial charge is 0.311 e. The van der Waals surface area contributed by atoms with Crippen LogP contribution in [-0.4, -0.2) is 34.0 Å². The molecule has 22 heavy (non-hydrogen) atoms. The summed E-state index contributed by atoms with van der Waals surface area (Å²) in [7, 11) is 0. The molecule has 1 aliphatic carbocycles. The Kier molecular flexibility index (Phi) is 3.59. The van der Waals surface area contributed by atoms with Gasteiger partial charge in [-0.05, 0) is 25.7 Å². The number of oxazole rings is 1. The highest BCUT2D eigenvalue weighted by molar-refractivity contribution is 5.76. The van der Waals surface area contributed by atoms with Gasteiger partial charge in [0.05, 0.1) is 17.7 Å². The van der Waals surface area contributed by atoms with E-state index in [9.17, 15) is 9.90 Å². The van der Waals surface area contributed by atoms with Gasteiger partial charge in [0.1, 0.15) is 5.76 Å². The van der Waals surface area contributed by atoms with Crippen molar-refractivity contribution in [1.82, 2.24) is 9.88 Å². The molecule has 5 heteroatoms. The maximum atomic E-state index is 11.8. The van der Waals surface area contributed by atoms with E-state index in [2.05, 4.69) is 37.6 Å². The molecule has 2 heterocycles. The number of carboxylic acids is 1. The monoisotopic (exact) mass is 306 g/mol. The standard InChI is InChI=1S/C17H26N2O3/c1-11(14-18-8-13(22-14)16(2,3)4)19-9-12-6-5-7-17(12,10-19)15(20)21/h8,11-12H,5-7,9-10H2,1-4H3,(H,20,21)/t11?,12-,17+/m0/s1. The predicted octanol–water partition coefficient (Wildman–Crippen LogP) is 3.22. The quantitative estimate of drug-likeness (QED) is 0.928. The third-order valence-electron chi connectivity index (χ3n) is 5.49. The van der Waals surface area contributed by atoms with Crippen molar-refractivity contribution < 1.29 is 14.3 Å². The topological polar surface area (TPSA) is 66.6 Å². The van der Waals surface area contributed by atoms with Gasteiger partial charge in [-0.25, -0.2) is 4.98 Å². The molecule has 1 aliphatic heterocycles. The zero-order valence-corrected chi connectivity index (χ0v) is 13.9. The van der Waals surface area contributed by atoms with E-state index in [-0.39, 0.29) is 17.4 Å². The zero-order valence-electron chi connectivity index (χ0n) is 13.9. The van der Waals surface area contributed by atoms with E-state index in [0.717, 1.165) is 31.6 Å². The van der Waals surface area contributed by atoms with Crippen LogP contribution in [0, 0.1) is 11.3 Å². The largest absolute Gasteiger partial charge is 0.481 e. The Morgan fingerprint density at radius 3 is 2.82 bits per heavy atom. The Morgan fingerprint density at radius 1 is 1.55 bits per heavy atom. The van der Waals surface area contributed by atoms with Crippen molar-refractivity contribution in [3.63, 3.8) is 0 Å². The number of carbonyl (C=O) groups is 1. The first kappa shape index (κ1) is 15.5. The number of aromatic nitrogens is 1. The molecule has 1 saturated carbocycles. The summed E-state index contributed by atoms with van der Waals surface area (Å²) in [4.78, 5) is 18.4. The van der Waals surface area contributed by atoms with Crippen LogP contribution < -0.4 is 0 Å². The highest BCUT2D eigenvalue weighted by Gasteiger charge is 2.55. The molecule has 5 nitrogen and oxygen atoms in total. The highest BCUT2D eigenvalue weighted by atomic mass is 16.4. The Balaban J connectivity index is 1.78. The minimum absolute atomic E-state index is 0.0259. The van der Waals surface area contributed by atoms with Gasteiger partial charge in [0.2, 0.25) is 5.89 Å². The van der Waals surface area contributed by atoms with Crippen molar-refractivity contribution >= 4 is 5.97 Å². The molecule has 1 unspecified atom stereocenters. The molecule has 1 saturated heterocycles. The lowest BCUT2D eigenvalue weighted by molar-refractivity contribution is -0.149. The second kappa shape index (κ2) is 5.08. The molecular formula is C17H26N2O3. The van der Waals surface area contributed by atoms with E-state index in [0.29, 0.717) is 12.4 Å². The van der Waals surface area contributed by atoms with E-state index in [1.54, 1.807) is 6.20 Å². The average Bonchev–Trinajstić information content (AvgIpc) is 3.10. The first-order valence-electron chi connectivity index (χ1n) is 8.18. The van der Waals surface area contributed by atoms with Gasteiger partial charge in [0.25, 0.3) is 0 Å². The summed E-state index contributed by atoms with van der Waals surface area (Å²) in [5.41, 5.74) is -0.609. The minimum atomic E-state index is -0.632. The van der Waals surface area contributed by atoms with E-state index >= 15 is 0 Å². The maximum absolute atomic E-state index is 11.8. The molecule has 0 radical (unpaired) electrons. The van der Waals surface area contributed by atoms with Gasteiger partial charge >= 0.3 is 5.97 Å². The summed E-state index contributed by atoms with van der Waals surface area (Å²) in [5.74, 6) is 1.21. The number of hydrogen-bond donors (Lipinski definition) is 1. The Bertz CT molecular complexity index is 575. The van der Waals surface area contributed by atoms with Crippen LogP contribution in [0.2, 0.25) is 0 Å². The molecule has 3 rings (SSSR count). The second-order valence-electron chi connectivity index (χ2n) is 7.97. The summed E-state index contributed by atoms with van der Waals surface area (Å²) < 4.78 is 5.94. The average molecular weight is 306 g/mol. The van der Waals surface area contributed by atoms with Crippen LogP contribution in [0.25, 0.3) is 0 Å². The lowest BCUT2D eigenvalue weighted by atomic mass is 9.81. The first-order chi connectivity index (χ1) is 10.2. The van der Waals surface area contributed by atoms with Crippen LogP contribution in [0.5, 0.6) is 0 Å². The normalized spacial score (nSPS) is 30.5. The molecule has 0 spiro atoms. The molecule has 3 atom stereocenters. The number of rotatable bonds is 3. The van der Waals surface area contributed by atoms with Crippen molar-refractivity contribution in [3.05, 3.63) is 17.8 Å². The number of aliphatic carboxylic acids is 1. The van der Waals surface area contributed by atoms with Gasteiger partial charge in [-0.2, -0.15) is 0 Å². The lowest BCUT2D eigenvalue weighted by Crippen LogP contribution is -2.36. The molecule has 0 aromatic carbocycles. The summed E-state index contributed by atoms with van der Waals surface area (Å²) in [6, 6.07) is 0.0259. The molecule has 1 N–H and O–H groups in total. The minimum Gasteiger partial charge on any atom is -0.481 e. The Hall–Kier alpha value is -1.36. The summed E-state index contributed by atoms with van der Waals surface area (Å²) in [6.45, 7) is 9.81. The van der Waals surface area contributed by atoms with Crippen molar-refractivity contribution in [1.29, 1.82) is 0 Å². The number of carboxylic acid groups (broad SMARTS) is 1. The van der Waals surface area contributed by atoms with Gasteiger partial charge in [-0.1, -0.05) is 27.2 Å². The zero-order chi connectivity index (χ0) is 16.1. The Labute approximate surface area is 131 Å². The van der Waals surface area contributed by atoms with Crippen LogP contribution in [0.3, 0.4) is 0 Å². The molecule has 1 aromatic rings. The second-order valence-corrected chi connectivity index (χ2v) is 7.97. The number of nitrogens with zero attached hydrogens (tertiary/aromatic N) is 2. The van der Waals surface area contributed by atoms with Gasteiger partial charge in [0, 0.05) is 18.5 Å². The summed E-state index contributed by atoms with van der Waals surface area (Å²) in [5, 5.41) is 9.69. The molecule has 2 aliphatic rings. The third kappa shape index (κ3) is 2.35.